The Morgan fingerprint density at radius 1 is 1.09 bits per heavy atom. The van der Waals surface area contributed by atoms with Crippen LogP contribution in [0.5, 0.6) is 0 Å². The summed E-state index contributed by atoms with van der Waals surface area (Å²) in [7, 11) is -6.95. The quantitative estimate of drug-likeness (QED) is 0.819. The number of piperidine rings is 1. The van der Waals surface area contributed by atoms with Crippen LogP contribution in [0, 0.1) is 5.92 Å². The summed E-state index contributed by atoms with van der Waals surface area (Å²) in [6, 6.07) is 5.17. The molecule has 1 aliphatic heterocycles. The molecule has 2 atom stereocenters. The predicted molar refractivity (Wildman–Crippen MR) is 87.6 cm³/mol. The monoisotopic (exact) mass is 368 g/mol. The first-order valence-corrected chi connectivity index (χ1v) is 10.1. The number of rotatable bonds is 4. The zero-order chi connectivity index (χ0) is 15.7. The summed E-state index contributed by atoms with van der Waals surface area (Å²) in [5.74, 6) is 0.212. The van der Waals surface area contributed by atoms with Crippen molar-refractivity contribution in [2.24, 2.45) is 5.92 Å². The van der Waals surface area contributed by atoms with Crippen LogP contribution < -0.4 is 10.0 Å². The second-order valence-corrected chi connectivity index (χ2v) is 9.17. The molecule has 2 N–H and O–H groups in total. The summed E-state index contributed by atoms with van der Waals surface area (Å²) in [4.78, 5) is 0.192. The van der Waals surface area contributed by atoms with Crippen LogP contribution >= 0.6 is 12.4 Å². The third kappa shape index (κ3) is 4.66. The van der Waals surface area contributed by atoms with Crippen molar-refractivity contribution in [2.45, 2.75) is 29.2 Å². The van der Waals surface area contributed by atoms with Crippen molar-refractivity contribution < 1.29 is 16.8 Å². The Kier molecular flexibility index (Phi) is 6.40. The summed E-state index contributed by atoms with van der Waals surface area (Å²) >= 11 is 0. The molecule has 0 aliphatic carbocycles. The number of sulfonamides is 1. The first-order chi connectivity index (χ1) is 9.70. The zero-order valence-electron chi connectivity index (χ0n) is 12.4. The Balaban J connectivity index is 0.00000242. The van der Waals surface area contributed by atoms with Crippen molar-refractivity contribution >= 4 is 32.3 Å². The van der Waals surface area contributed by atoms with E-state index in [9.17, 15) is 16.8 Å². The van der Waals surface area contributed by atoms with Crippen LogP contribution in [0.4, 0.5) is 0 Å². The second kappa shape index (κ2) is 7.27. The van der Waals surface area contributed by atoms with E-state index in [-0.39, 0.29) is 34.2 Å². The van der Waals surface area contributed by atoms with Gasteiger partial charge in [-0.1, -0.05) is 6.92 Å². The van der Waals surface area contributed by atoms with Gasteiger partial charge in [0, 0.05) is 12.3 Å². The highest BCUT2D eigenvalue weighted by molar-refractivity contribution is 7.90. The molecule has 2 rings (SSSR count). The molecule has 126 valence electrons. The largest absolute Gasteiger partial charge is 0.316 e. The molecule has 0 radical (unpaired) electrons. The van der Waals surface area contributed by atoms with Gasteiger partial charge in [0.25, 0.3) is 0 Å². The molecule has 1 heterocycles. The zero-order valence-corrected chi connectivity index (χ0v) is 14.9. The van der Waals surface area contributed by atoms with E-state index < -0.39 is 19.9 Å². The van der Waals surface area contributed by atoms with Gasteiger partial charge >= 0.3 is 0 Å². The van der Waals surface area contributed by atoms with Crippen LogP contribution in [0.15, 0.2) is 34.1 Å². The molecule has 1 saturated heterocycles. The average molecular weight is 369 g/mol. The van der Waals surface area contributed by atoms with Crippen molar-refractivity contribution in [1.82, 2.24) is 10.0 Å². The van der Waals surface area contributed by atoms with Gasteiger partial charge in [-0.25, -0.2) is 21.6 Å². The molecular weight excluding hydrogens is 348 g/mol. The molecule has 9 heteroatoms. The number of nitrogens with one attached hydrogen (secondary N) is 2. The molecule has 1 fully saturated rings. The lowest BCUT2D eigenvalue weighted by atomic mass is 9.97. The highest BCUT2D eigenvalue weighted by atomic mass is 35.5. The average Bonchev–Trinajstić information content (AvgIpc) is 2.40. The van der Waals surface area contributed by atoms with Crippen molar-refractivity contribution in [3.63, 3.8) is 0 Å². The van der Waals surface area contributed by atoms with Crippen LogP contribution in [-0.2, 0) is 19.9 Å². The molecule has 1 aliphatic rings. The second-order valence-electron chi connectivity index (χ2n) is 5.44. The van der Waals surface area contributed by atoms with Gasteiger partial charge < -0.3 is 5.32 Å². The van der Waals surface area contributed by atoms with Crippen molar-refractivity contribution in [3.8, 4) is 0 Å². The van der Waals surface area contributed by atoms with Crippen LogP contribution in [0.25, 0.3) is 0 Å². The van der Waals surface area contributed by atoms with Crippen LogP contribution in [0.3, 0.4) is 0 Å². The summed E-state index contributed by atoms with van der Waals surface area (Å²) in [5.41, 5.74) is 0. The van der Waals surface area contributed by atoms with E-state index in [2.05, 4.69) is 10.0 Å². The van der Waals surface area contributed by atoms with Gasteiger partial charge in [-0.05, 0) is 49.7 Å². The number of sulfone groups is 1. The minimum absolute atomic E-state index is 0. The smallest absolute Gasteiger partial charge is 0.240 e. The van der Waals surface area contributed by atoms with E-state index in [1.807, 2.05) is 6.92 Å². The van der Waals surface area contributed by atoms with E-state index in [0.717, 1.165) is 25.8 Å². The highest BCUT2D eigenvalue weighted by Crippen LogP contribution is 2.17. The fourth-order valence-electron chi connectivity index (χ4n) is 2.32. The van der Waals surface area contributed by atoms with E-state index in [4.69, 9.17) is 0 Å². The predicted octanol–water partition coefficient (Wildman–Crippen LogP) is 0.788. The summed E-state index contributed by atoms with van der Waals surface area (Å²) < 4.78 is 50.1. The van der Waals surface area contributed by atoms with E-state index >= 15 is 0 Å². The minimum Gasteiger partial charge on any atom is -0.316 e. The van der Waals surface area contributed by atoms with Gasteiger partial charge in [-0.2, -0.15) is 0 Å². The molecule has 6 nitrogen and oxygen atoms in total. The summed E-state index contributed by atoms with van der Waals surface area (Å²) in [6.45, 7) is 3.55. The number of hydrogen-bond acceptors (Lipinski definition) is 5. The molecule has 0 aromatic heterocycles. The lowest BCUT2D eigenvalue weighted by molar-refractivity contribution is 0.328. The van der Waals surface area contributed by atoms with E-state index in [0.29, 0.717) is 0 Å². The molecule has 1 aromatic rings. The standard InChI is InChI=1S/C13H20N2O4S2.ClH/c1-10-9-14-8-7-13(10)15-21(18,19)12-5-3-11(4-6-12)20(2,16)17;/h3-6,10,13-15H,7-9H2,1-2H3;1H. The Morgan fingerprint density at radius 3 is 2.14 bits per heavy atom. The number of halogens is 1. The van der Waals surface area contributed by atoms with Gasteiger partial charge in [0.2, 0.25) is 10.0 Å². The van der Waals surface area contributed by atoms with Crippen LogP contribution in [-0.4, -0.2) is 42.2 Å². The molecular formula is C13H21ClN2O4S2. The molecule has 0 amide bonds. The lowest BCUT2D eigenvalue weighted by Gasteiger charge is -2.29. The van der Waals surface area contributed by atoms with Gasteiger partial charge in [0.05, 0.1) is 9.79 Å². The van der Waals surface area contributed by atoms with E-state index in [1.54, 1.807) is 0 Å². The maximum Gasteiger partial charge on any atom is 0.240 e. The molecule has 2 unspecified atom stereocenters. The van der Waals surface area contributed by atoms with Gasteiger partial charge in [0.15, 0.2) is 9.84 Å². The summed E-state index contributed by atoms with van der Waals surface area (Å²) in [6.07, 6.45) is 1.83. The molecule has 22 heavy (non-hydrogen) atoms. The first-order valence-electron chi connectivity index (χ1n) is 6.73. The third-order valence-electron chi connectivity index (χ3n) is 3.65. The maximum atomic E-state index is 12.3. The van der Waals surface area contributed by atoms with Gasteiger partial charge in [-0.3, -0.25) is 0 Å². The van der Waals surface area contributed by atoms with Crippen molar-refractivity contribution in [1.29, 1.82) is 0 Å². The Bertz CT molecular complexity index is 702. The van der Waals surface area contributed by atoms with Crippen molar-refractivity contribution in [3.05, 3.63) is 24.3 Å². The normalized spacial score (nSPS) is 22.8. The SMILES string of the molecule is CC1CNCCC1NS(=O)(=O)c1ccc(S(C)(=O)=O)cc1.Cl. The van der Waals surface area contributed by atoms with Gasteiger partial charge in [0.1, 0.15) is 0 Å². The highest BCUT2D eigenvalue weighted by Gasteiger charge is 2.26. The fourth-order valence-corrected chi connectivity index (χ4v) is 4.33. The van der Waals surface area contributed by atoms with Crippen molar-refractivity contribution in [2.75, 3.05) is 19.3 Å². The van der Waals surface area contributed by atoms with Crippen LogP contribution in [0.1, 0.15) is 13.3 Å². The molecule has 0 saturated carbocycles. The maximum absolute atomic E-state index is 12.3. The molecule has 0 spiro atoms. The first kappa shape index (κ1) is 19.4. The lowest BCUT2D eigenvalue weighted by Crippen LogP contribution is -2.48. The Hall–Kier alpha value is -0.670. The fraction of sp³-hybridized carbons (Fsp3) is 0.538. The Labute approximate surface area is 138 Å². The topological polar surface area (TPSA) is 92.3 Å². The molecule has 1 aromatic carbocycles. The minimum atomic E-state index is -3.63. The summed E-state index contributed by atoms with van der Waals surface area (Å²) in [5, 5.41) is 3.21. The Morgan fingerprint density at radius 2 is 1.64 bits per heavy atom. The van der Waals surface area contributed by atoms with Gasteiger partial charge in [-0.15, -0.1) is 12.4 Å². The third-order valence-corrected chi connectivity index (χ3v) is 6.29. The number of hydrogen-bond donors (Lipinski definition) is 2. The van der Waals surface area contributed by atoms with Crippen LogP contribution in [0.2, 0.25) is 0 Å². The molecule has 0 bridgehead atoms. The van der Waals surface area contributed by atoms with E-state index in [1.165, 1.54) is 24.3 Å². The number of benzene rings is 1.